The van der Waals surface area contributed by atoms with Crippen molar-refractivity contribution in [3.05, 3.63) is 0 Å². The summed E-state index contributed by atoms with van der Waals surface area (Å²) < 4.78 is 0. The van der Waals surface area contributed by atoms with Crippen LogP contribution in [0.4, 0.5) is 0 Å². The Balaban J connectivity index is 2.36. The maximum atomic E-state index is 10.6. The van der Waals surface area contributed by atoms with Crippen LogP contribution in [-0.2, 0) is 4.79 Å². The number of amides is 1. The van der Waals surface area contributed by atoms with Crippen LogP contribution in [0.25, 0.3) is 0 Å². The lowest BCUT2D eigenvalue weighted by atomic mass is 10.7. The first-order valence-corrected chi connectivity index (χ1v) is 3.98. The van der Waals surface area contributed by atoms with E-state index in [4.69, 9.17) is 5.73 Å². The van der Waals surface area contributed by atoms with Gasteiger partial charge in [-0.2, -0.15) is 0 Å². The van der Waals surface area contributed by atoms with Crippen LogP contribution in [0.3, 0.4) is 0 Å². The minimum atomic E-state index is 0.0285. The first-order valence-electron chi connectivity index (χ1n) is 3.00. The Hall–Kier alpha value is -0.550. The summed E-state index contributed by atoms with van der Waals surface area (Å²) in [5.74, 6) is 0.518. The highest BCUT2D eigenvalue weighted by atomic mass is 32.2. The molecule has 0 aromatic rings. The van der Waals surface area contributed by atoms with Gasteiger partial charge in [-0.3, -0.25) is 9.79 Å². The van der Waals surface area contributed by atoms with E-state index in [-0.39, 0.29) is 5.91 Å². The van der Waals surface area contributed by atoms with E-state index < -0.39 is 0 Å². The molecule has 56 valence electrons. The van der Waals surface area contributed by atoms with E-state index in [2.05, 4.69) is 10.3 Å². The number of hydrogen-bond acceptors (Lipinski definition) is 4. The van der Waals surface area contributed by atoms with Crippen molar-refractivity contribution in [3.8, 4) is 0 Å². The van der Waals surface area contributed by atoms with Crippen molar-refractivity contribution in [3.63, 3.8) is 0 Å². The molecule has 0 atom stereocenters. The third kappa shape index (κ3) is 2.00. The van der Waals surface area contributed by atoms with Crippen molar-refractivity contribution in [2.24, 2.45) is 10.7 Å². The summed E-state index contributed by atoms with van der Waals surface area (Å²) in [6.07, 6.45) is 0. The lowest BCUT2D eigenvalue weighted by Crippen LogP contribution is -2.21. The number of nitrogens with zero attached hydrogens (tertiary/aromatic N) is 1. The molecule has 1 aliphatic heterocycles. The summed E-state index contributed by atoms with van der Waals surface area (Å²) in [5, 5.41) is 3.31. The van der Waals surface area contributed by atoms with Crippen molar-refractivity contribution in [2.75, 3.05) is 18.8 Å². The second-order valence-corrected chi connectivity index (χ2v) is 2.78. The van der Waals surface area contributed by atoms with Crippen LogP contribution in [0.1, 0.15) is 0 Å². The quantitative estimate of drug-likeness (QED) is 0.552. The molecule has 1 aliphatic rings. The number of amidine groups is 1. The fraction of sp³-hybridized carbons (Fsp3) is 0.600. The Morgan fingerprint density at radius 3 is 3.10 bits per heavy atom. The Bertz CT molecular complexity index is 168. The fourth-order valence-electron chi connectivity index (χ4n) is 0.577. The number of aliphatic imine (C=N–C) groups is 1. The van der Waals surface area contributed by atoms with E-state index in [1.54, 1.807) is 0 Å². The van der Waals surface area contributed by atoms with E-state index in [1.807, 2.05) is 0 Å². The van der Waals surface area contributed by atoms with Gasteiger partial charge in [0.05, 0.1) is 12.3 Å². The Morgan fingerprint density at radius 2 is 2.60 bits per heavy atom. The van der Waals surface area contributed by atoms with Crippen LogP contribution >= 0.6 is 11.8 Å². The predicted molar refractivity (Wildman–Crippen MR) is 42.0 cm³/mol. The zero-order valence-corrected chi connectivity index (χ0v) is 6.28. The Kier molecular flexibility index (Phi) is 2.70. The first-order chi connectivity index (χ1) is 4.83. The van der Waals surface area contributed by atoms with E-state index in [9.17, 15) is 4.79 Å². The van der Waals surface area contributed by atoms with Crippen molar-refractivity contribution in [2.45, 2.75) is 0 Å². The van der Waals surface area contributed by atoms with E-state index >= 15 is 0 Å². The van der Waals surface area contributed by atoms with Crippen LogP contribution < -0.4 is 11.1 Å². The highest BCUT2D eigenvalue weighted by Crippen LogP contribution is 2.07. The van der Waals surface area contributed by atoms with Gasteiger partial charge < -0.3 is 11.1 Å². The number of hydrogen-bond donors (Lipinski definition) is 2. The highest BCUT2D eigenvalue weighted by Gasteiger charge is 2.15. The van der Waals surface area contributed by atoms with Gasteiger partial charge in [-0.1, -0.05) is 11.8 Å². The average molecular weight is 159 g/mol. The maximum absolute atomic E-state index is 10.6. The summed E-state index contributed by atoms with van der Waals surface area (Å²) in [5.41, 5.74) is 5.21. The molecule has 1 amide bonds. The molecule has 5 heteroatoms. The van der Waals surface area contributed by atoms with Crippen molar-refractivity contribution < 1.29 is 4.79 Å². The van der Waals surface area contributed by atoms with Gasteiger partial charge in [-0.05, 0) is 0 Å². The zero-order chi connectivity index (χ0) is 7.40. The van der Waals surface area contributed by atoms with Gasteiger partial charge in [-0.15, -0.1) is 0 Å². The molecule has 4 nitrogen and oxygen atoms in total. The molecule has 0 saturated carbocycles. The molecule has 3 N–H and O–H groups in total. The summed E-state index contributed by atoms with van der Waals surface area (Å²) >= 11 is 1.42. The van der Waals surface area contributed by atoms with E-state index in [1.165, 1.54) is 11.8 Å². The maximum Gasteiger partial charge on any atom is 0.236 e. The SMILES string of the molecule is NCCN=C1NC(=O)CS1. The molecule has 0 aromatic carbocycles. The standard InChI is InChI=1S/C5H9N3OS/c6-1-2-7-5-8-4(9)3-10-5/h1-3,6H2,(H,7,8,9). The Labute approximate surface area is 63.3 Å². The zero-order valence-electron chi connectivity index (χ0n) is 5.46. The van der Waals surface area contributed by atoms with Crippen molar-refractivity contribution in [1.82, 2.24) is 5.32 Å². The molecule has 1 rings (SSSR count). The third-order valence-corrected chi connectivity index (χ3v) is 1.88. The number of carbonyl (C=O) groups is 1. The monoisotopic (exact) mass is 159 g/mol. The molecule has 1 heterocycles. The van der Waals surface area contributed by atoms with Gasteiger partial charge >= 0.3 is 0 Å². The van der Waals surface area contributed by atoms with Crippen LogP contribution in [0.5, 0.6) is 0 Å². The number of carbonyl (C=O) groups excluding carboxylic acids is 1. The van der Waals surface area contributed by atoms with Gasteiger partial charge in [0.15, 0.2) is 5.17 Å². The topological polar surface area (TPSA) is 67.5 Å². The van der Waals surface area contributed by atoms with Gasteiger partial charge in [-0.25, -0.2) is 0 Å². The normalized spacial score (nSPS) is 21.7. The summed E-state index contributed by atoms with van der Waals surface area (Å²) in [4.78, 5) is 14.6. The largest absolute Gasteiger partial charge is 0.329 e. The number of thioether (sulfide) groups is 1. The molecule has 0 spiro atoms. The molecule has 0 aliphatic carbocycles. The smallest absolute Gasteiger partial charge is 0.236 e. The molecule has 0 unspecified atom stereocenters. The van der Waals surface area contributed by atoms with Crippen molar-refractivity contribution in [1.29, 1.82) is 0 Å². The molecular weight excluding hydrogens is 150 g/mol. The fourth-order valence-corrected chi connectivity index (χ4v) is 1.29. The van der Waals surface area contributed by atoms with Crippen LogP contribution in [0.2, 0.25) is 0 Å². The molecule has 0 bridgehead atoms. The second-order valence-electron chi connectivity index (χ2n) is 1.81. The highest BCUT2D eigenvalue weighted by molar-refractivity contribution is 8.15. The van der Waals surface area contributed by atoms with Gasteiger partial charge in [0.2, 0.25) is 5.91 Å². The van der Waals surface area contributed by atoms with Crippen LogP contribution in [0, 0.1) is 0 Å². The molecule has 0 radical (unpaired) electrons. The van der Waals surface area contributed by atoms with Crippen LogP contribution in [-0.4, -0.2) is 29.9 Å². The van der Waals surface area contributed by atoms with Gasteiger partial charge in [0, 0.05) is 6.54 Å². The molecule has 10 heavy (non-hydrogen) atoms. The predicted octanol–water partition coefficient (Wildman–Crippen LogP) is -0.836. The number of nitrogens with one attached hydrogen (secondary N) is 1. The third-order valence-electron chi connectivity index (χ3n) is 0.971. The van der Waals surface area contributed by atoms with Crippen molar-refractivity contribution >= 4 is 22.8 Å². The van der Waals surface area contributed by atoms with Gasteiger partial charge in [0.25, 0.3) is 0 Å². The lowest BCUT2D eigenvalue weighted by Gasteiger charge is -1.92. The van der Waals surface area contributed by atoms with E-state index in [0.717, 1.165) is 0 Å². The Morgan fingerprint density at radius 1 is 1.80 bits per heavy atom. The average Bonchev–Trinajstić information content (AvgIpc) is 2.31. The lowest BCUT2D eigenvalue weighted by molar-refractivity contribution is -0.116. The molecule has 0 aromatic heterocycles. The van der Waals surface area contributed by atoms with E-state index in [0.29, 0.717) is 24.0 Å². The number of rotatable bonds is 2. The molecule has 1 saturated heterocycles. The van der Waals surface area contributed by atoms with Gasteiger partial charge in [0.1, 0.15) is 0 Å². The second kappa shape index (κ2) is 3.58. The summed E-state index contributed by atoms with van der Waals surface area (Å²) in [6.45, 7) is 1.11. The number of nitrogens with two attached hydrogens (primary N) is 1. The molecular formula is C5H9N3OS. The van der Waals surface area contributed by atoms with Crippen LogP contribution in [0.15, 0.2) is 4.99 Å². The minimum Gasteiger partial charge on any atom is -0.329 e. The first kappa shape index (κ1) is 7.56. The minimum absolute atomic E-state index is 0.0285. The molecule has 1 fully saturated rings. The summed E-state index contributed by atoms with van der Waals surface area (Å²) in [7, 11) is 0. The summed E-state index contributed by atoms with van der Waals surface area (Å²) in [6, 6.07) is 0.